The topological polar surface area (TPSA) is 47.0 Å². The van der Waals surface area contributed by atoms with Crippen LogP contribution in [-0.4, -0.2) is 65.0 Å². The number of allylic oxidation sites excluding steroid dienone is 4. The van der Waals surface area contributed by atoms with Crippen molar-refractivity contribution in [3.8, 4) is 0 Å². The molecule has 2 aromatic carbocycles. The SMILES string of the molecule is C=C(C(=C\CCC)/C=C(\C=C/C)C(=O)O)N(CCc1ccc(C)cc1)/C(=C\C)CN1CCN(Cc2ccc(C(F)(F)F)cc2)CC1. The van der Waals surface area contributed by atoms with E-state index < -0.39 is 17.7 Å². The molecule has 0 aliphatic carbocycles. The average molecular weight is 636 g/mol. The molecular weight excluding hydrogens is 587 g/mol. The maximum Gasteiger partial charge on any atom is 0.416 e. The zero-order valence-electron chi connectivity index (χ0n) is 27.6. The van der Waals surface area contributed by atoms with Crippen LogP contribution in [0.1, 0.15) is 55.9 Å². The van der Waals surface area contributed by atoms with E-state index in [1.807, 2.05) is 6.92 Å². The average Bonchev–Trinajstić information content (AvgIpc) is 3.03. The number of hydrogen-bond acceptors (Lipinski definition) is 4. The molecule has 0 bridgehead atoms. The Morgan fingerprint density at radius 2 is 1.57 bits per heavy atom. The quantitative estimate of drug-likeness (QED) is 0.157. The molecule has 1 fully saturated rings. The number of unbranched alkanes of at least 4 members (excludes halogenated alkanes) is 1. The summed E-state index contributed by atoms with van der Waals surface area (Å²) >= 11 is 0. The second-order valence-corrected chi connectivity index (χ2v) is 11.7. The number of aliphatic carboxylic acids is 1. The molecule has 5 nitrogen and oxygen atoms in total. The van der Waals surface area contributed by atoms with Crippen LogP contribution in [0, 0.1) is 6.92 Å². The Balaban J connectivity index is 1.78. The van der Waals surface area contributed by atoms with Crippen LogP contribution in [0.15, 0.2) is 108 Å². The maximum atomic E-state index is 13.0. The first-order chi connectivity index (χ1) is 21.9. The van der Waals surface area contributed by atoms with Gasteiger partial charge in [-0.3, -0.25) is 9.80 Å². The first-order valence-electron chi connectivity index (χ1n) is 16.0. The Labute approximate surface area is 272 Å². The lowest BCUT2D eigenvalue weighted by atomic mass is 10.0. The molecule has 0 saturated carbocycles. The fourth-order valence-electron chi connectivity index (χ4n) is 5.42. The third-order valence-corrected chi connectivity index (χ3v) is 8.18. The zero-order valence-corrected chi connectivity index (χ0v) is 27.6. The van der Waals surface area contributed by atoms with Gasteiger partial charge in [0.25, 0.3) is 0 Å². The Bertz CT molecular complexity index is 1410. The second-order valence-electron chi connectivity index (χ2n) is 11.7. The Morgan fingerprint density at radius 1 is 0.957 bits per heavy atom. The van der Waals surface area contributed by atoms with E-state index in [4.69, 9.17) is 0 Å². The number of hydrogen-bond donors (Lipinski definition) is 1. The predicted octanol–water partition coefficient (Wildman–Crippen LogP) is 8.41. The van der Waals surface area contributed by atoms with Crippen molar-refractivity contribution in [2.45, 2.75) is 59.7 Å². The standard InChI is InChI=1S/C38H48F3N3O2/c1-6-9-11-33(26-34(10-7-2)37(45)46)30(5)44(21-20-31-14-12-29(4)13-15-31)36(8-3)28-43-24-22-42(23-25-43)27-32-16-18-35(19-17-32)38(39,40)41/h7-8,10-19,26H,5-6,9,20-25,27-28H2,1-4H3,(H,45,46)/b10-7-,33-11-,34-26+,36-8-. The van der Waals surface area contributed by atoms with Crippen LogP contribution in [-0.2, 0) is 23.9 Å². The van der Waals surface area contributed by atoms with Gasteiger partial charge in [0.2, 0.25) is 0 Å². The van der Waals surface area contributed by atoms with Gasteiger partial charge in [0.15, 0.2) is 0 Å². The van der Waals surface area contributed by atoms with Gasteiger partial charge in [-0.2, -0.15) is 13.2 Å². The van der Waals surface area contributed by atoms with Gasteiger partial charge in [0, 0.05) is 57.2 Å². The molecule has 2 aromatic rings. The highest BCUT2D eigenvalue weighted by Crippen LogP contribution is 2.29. The van der Waals surface area contributed by atoms with E-state index >= 15 is 0 Å². The summed E-state index contributed by atoms with van der Waals surface area (Å²) in [6.07, 6.45) is 7.41. The molecule has 0 aromatic heterocycles. The van der Waals surface area contributed by atoms with Crippen LogP contribution >= 0.6 is 0 Å². The van der Waals surface area contributed by atoms with Gasteiger partial charge in [0.05, 0.1) is 11.1 Å². The number of halogens is 3. The summed E-state index contributed by atoms with van der Waals surface area (Å²) in [4.78, 5) is 18.9. The molecule has 1 saturated heterocycles. The minimum Gasteiger partial charge on any atom is -0.478 e. The molecule has 0 unspecified atom stereocenters. The largest absolute Gasteiger partial charge is 0.478 e. The molecule has 0 atom stereocenters. The number of nitrogens with zero attached hydrogens (tertiary/aromatic N) is 3. The number of rotatable bonds is 15. The van der Waals surface area contributed by atoms with Crippen molar-refractivity contribution in [2.24, 2.45) is 0 Å². The van der Waals surface area contributed by atoms with Gasteiger partial charge in [-0.25, -0.2) is 4.79 Å². The number of benzene rings is 2. The highest BCUT2D eigenvalue weighted by atomic mass is 19.4. The van der Waals surface area contributed by atoms with Crippen molar-refractivity contribution in [2.75, 3.05) is 39.3 Å². The molecule has 1 heterocycles. The van der Waals surface area contributed by atoms with Gasteiger partial charge in [-0.05, 0) is 68.5 Å². The monoisotopic (exact) mass is 635 g/mol. The zero-order chi connectivity index (χ0) is 33.7. The number of carboxylic acids is 1. The fraction of sp³-hybridized carbons (Fsp3) is 0.395. The number of carbonyl (C=O) groups is 1. The minimum absolute atomic E-state index is 0.204. The van der Waals surface area contributed by atoms with Gasteiger partial charge in [-0.1, -0.05) is 86.2 Å². The number of aryl methyl sites for hydroxylation is 1. The Hall–Kier alpha value is -3.88. The molecule has 0 amide bonds. The van der Waals surface area contributed by atoms with E-state index in [0.29, 0.717) is 19.6 Å². The summed E-state index contributed by atoms with van der Waals surface area (Å²) < 4.78 is 38.9. The van der Waals surface area contributed by atoms with Crippen LogP contribution < -0.4 is 0 Å². The van der Waals surface area contributed by atoms with Gasteiger partial charge < -0.3 is 10.0 Å². The highest BCUT2D eigenvalue weighted by Gasteiger charge is 2.30. The van der Waals surface area contributed by atoms with E-state index in [2.05, 4.69) is 71.5 Å². The Morgan fingerprint density at radius 3 is 2.11 bits per heavy atom. The molecule has 3 rings (SSSR count). The number of alkyl halides is 3. The van der Waals surface area contributed by atoms with Crippen molar-refractivity contribution < 1.29 is 23.1 Å². The van der Waals surface area contributed by atoms with E-state index in [1.54, 1.807) is 37.3 Å². The third kappa shape index (κ3) is 11.2. The summed E-state index contributed by atoms with van der Waals surface area (Å²) in [5, 5.41) is 9.85. The van der Waals surface area contributed by atoms with Crippen LogP contribution in [0.2, 0.25) is 0 Å². The predicted molar refractivity (Wildman–Crippen MR) is 181 cm³/mol. The van der Waals surface area contributed by atoms with Crippen molar-refractivity contribution in [3.05, 3.63) is 130 Å². The van der Waals surface area contributed by atoms with E-state index in [0.717, 1.165) is 80.1 Å². The van der Waals surface area contributed by atoms with Crippen molar-refractivity contribution in [1.82, 2.24) is 14.7 Å². The van der Waals surface area contributed by atoms with Crippen molar-refractivity contribution >= 4 is 5.97 Å². The van der Waals surface area contributed by atoms with E-state index in [1.165, 1.54) is 11.1 Å². The van der Waals surface area contributed by atoms with Crippen LogP contribution in [0.4, 0.5) is 13.2 Å². The second kappa shape index (κ2) is 17.7. The summed E-state index contributed by atoms with van der Waals surface area (Å²) in [6, 6.07) is 13.9. The van der Waals surface area contributed by atoms with Crippen molar-refractivity contribution in [3.63, 3.8) is 0 Å². The molecule has 1 aliphatic heterocycles. The van der Waals surface area contributed by atoms with Gasteiger partial charge >= 0.3 is 12.1 Å². The molecule has 1 N–H and O–H groups in total. The normalized spacial score (nSPS) is 15.8. The van der Waals surface area contributed by atoms with E-state index in [9.17, 15) is 23.1 Å². The van der Waals surface area contributed by atoms with E-state index in [-0.39, 0.29) is 5.57 Å². The minimum atomic E-state index is -4.33. The molecule has 0 spiro atoms. The number of piperazine rings is 1. The lowest BCUT2D eigenvalue weighted by Crippen LogP contribution is -2.47. The summed E-state index contributed by atoms with van der Waals surface area (Å²) in [5.74, 6) is -0.986. The molecule has 0 radical (unpaired) electrons. The Kier molecular flexibility index (Phi) is 14.1. The molecule has 248 valence electrons. The maximum absolute atomic E-state index is 13.0. The fourth-order valence-corrected chi connectivity index (χ4v) is 5.42. The highest BCUT2D eigenvalue weighted by molar-refractivity contribution is 5.90. The molecule has 46 heavy (non-hydrogen) atoms. The molecule has 8 heteroatoms. The van der Waals surface area contributed by atoms with Crippen LogP contribution in [0.25, 0.3) is 0 Å². The first-order valence-corrected chi connectivity index (χ1v) is 16.0. The lowest BCUT2D eigenvalue weighted by Gasteiger charge is -2.38. The van der Waals surface area contributed by atoms with Crippen LogP contribution in [0.5, 0.6) is 0 Å². The summed E-state index contributed by atoms with van der Waals surface area (Å²) in [7, 11) is 0. The van der Waals surface area contributed by atoms with Crippen molar-refractivity contribution in [1.29, 1.82) is 0 Å². The van der Waals surface area contributed by atoms with Gasteiger partial charge in [0.1, 0.15) is 0 Å². The first kappa shape index (κ1) is 36.6. The van der Waals surface area contributed by atoms with Gasteiger partial charge in [-0.15, -0.1) is 0 Å². The lowest BCUT2D eigenvalue weighted by molar-refractivity contribution is -0.137. The third-order valence-electron chi connectivity index (χ3n) is 8.18. The van der Waals surface area contributed by atoms with Crippen LogP contribution in [0.3, 0.4) is 0 Å². The summed E-state index contributed by atoms with van der Waals surface area (Å²) in [5.41, 5.74) is 5.51. The smallest absolute Gasteiger partial charge is 0.416 e. The molecule has 1 aliphatic rings. The number of carboxylic acid groups (broad SMARTS) is 1. The molecular formula is C38H48F3N3O2. The summed E-state index contributed by atoms with van der Waals surface area (Å²) in [6.45, 7) is 17.7.